The second kappa shape index (κ2) is 8.30. The van der Waals surface area contributed by atoms with E-state index in [1.807, 2.05) is 25.5 Å². The minimum Gasteiger partial charge on any atom is -0.371 e. The summed E-state index contributed by atoms with van der Waals surface area (Å²) in [6, 6.07) is 8.77. The summed E-state index contributed by atoms with van der Waals surface area (Å²) in [4.78, 5) is 18.3. The van der Waals surface area contributed by atoms with E-state index in [0.29, 0.717) is 10.9 Å². The Morgan fingerprint density at radius 3 is 2.68 bits per heavy atom. The second-order valence-electron chi connectivity index (χ2n) is 9.25. The van der Waals surface area contributed by atoms with Crippen molar-refractivity contribution in [1.29, 1.82) is 0 Å². The monoisotopic (exact) mass is 436 g/mol. The van der Waals surface area contributed by atoms with Crippen LogP contribution >= 0.6 is 11.9 Å². The zero-order chi connectivity index (χ0) is 21.4. The van der Waals surface area contributed by atoms with E-state index in [1.165, 1.54) is 49.8 Å². The van der Waals surface area contributed by atoms with Crippen LogP contribution in [0.5, 0.6) is 0 Å². The van der Waals surface area contributed by atoms with Crippen LogP contribution in [-0.4, -0.2) is 28.4 Å². The zero-order valence-electron chi connectivity index (χ0n) is 18.5. The van der Waals surface area contributed by atoms with Crippen LogP contribution in [0.15, 0.2) is 41.5 Å². The third-order valence-corrected chi connectivity index (χ3v) is 7.97. The van der Waals surface area contributed by atoms with E-state index in [1.54, 1.807) is 16.5 Å². The summed E-state index contributed by atoms with van der Waals surface area (Å²) in [6.07, 6.45) is 11.7. The van der Waals surface area contributed by atoms with Gasteiger partial charge in [-0.3, -0.25) is 4.79 Å². The van der Waals surface area contributed by atoms with Crippen LogP contribution in [0.25, 0.3) is 22.0 Å². The largest absolute Gasteiger partial charge is 0.371 e. The Balaban J connectivity index is 1.55. The molecule has 1 spiro atoms. The molecule has 0 amide bonds. The molecule has 0 atom stereocenters. The highest BCUT2D eigenvalue weighted by atomic mass is 32.2. The molecule has 2 fully saturated rings. The van der Waals surface area contributed by atoms with Crippen LogP contribution in [0, 0.1) is 5.41 Å². The Hall–Kier alpha value is -2.34. The molecule has 5 nitrogen and oxygen atoms in total. The highest BCUT2D eigenvalue weighted by Crippen LogP contribution is 2.54. The number of benzene rings is 1. The van der Waals surface area contributed by atoms with Gasteiger partial charge in [0.25, 0.3) is 5.56 Å². The fourth-order valence-corrected chi connectivity index (χ4v) is 5.65. The van der Waals surface area contributed by atoms with Crippen molar-refractivity contribution in [2.45, 2.75) is 45.4 Å². The molecule has 1 saturated heterocycles. The first-order valence-corrected chi connectivity index (χ1v) is 12.5. The van der Waals surface area contributed by atoms with Gasteiger partial charge in [-0.05, 0) is 61.8 Å². The van der Waals surface area contributed by atoms with Crippen molar-refractivity contribution in [3.8, 4) is 11.1 Å². The molecule has 0 unspecified atom stereocenters. The van der Waals surface area contributed by atoms with Gasteiger partial charge in [0, 0.05) is 66.2 Å². The topological polar surface area (TPSA) is 53.1 Å². The Morgan fingerprint density at radius 1 is 1.13 bits per heavy atom. The predicted molar refractivity (Wildman–Crippen MR) is 133 cm³/mol. The Labute approximate surface area is 188 Å². The van der Waals surface area contributed by atoms with Crippen molar-refractivity contribution in [1.82, 2.24) is 9.55 Å². The Bertz CT molecular complexity index is 1130. The first kappa shape index (κ1) is 20.6. The Morgan fingerprint density at radius 2 is 1.94 bits per heavy atom. The van der Waals surface area contributed by atoms with E-state index in [0.717, 1.165) is 35.5 Å². The zero-order valence-corrected chi connectivity index (χ0v) is 19.4. The van der Waals surface area contributed by atoms with E-state index >= 15 is 0 Å². The summed E-state index contributed by atoms with van der Waals surface area (Å²) >= 11 is 1.77. The lowest BCUT2D eigenvalue weighted by molar-refractivity contribution is 0.384. The normalized spacial score (nSPS) is 17.4. The number of rotatable bonds is 7. The van der Waals surface area contributed by atoms with Gasteiger partial charge in [0.05, 0.1) is 0 Å². The fourth-order valence-electron chi connectivity index (χ4n) is 4.82. The number of hydrogen-bond donors (Lipinski definition) is 2. The van der Waals surface area contributed by atoms with Crippen molar-refractivity contribution < 1.29 is 0 Å². The fraction of sp³-hybridized carbons (Fsp3) is 0.480. The van der Waals surface area contributed by atoms with Gasteiger partial charge in [0.1, 0.15) is 5.52 Å². The summed E-state index contributed by atoms with van der Waals surface area (Å²) in [5.41, 5.74) is 6.06. The maximum atomic E-state index is 12.6. The van der Waals surface area contributed by atoms with Crippen LogP contribution in [0.2, 0.25) is 0 Å². The third kappa shape index (κ3) is 3.98. The summed E-state index contributed by atoms with van der Waals surface area (Å²) < 4.78 is 5.23. The van der Waals surface area contributed by atoms with Gasteiger partial charge in [-0.2, -0.15) is 0 Å². The summed E-state index contributed by atoms with van der Waals surface area (Å²) in [7, 11) is 1.84. The molecule has 0 bridgehead atoms. The quantitative estimate of drug-likeness (QED) is 0.364. The number of nitrogens with one attached hydrogen (secondary N) is 2. The SMILES string of the molecule is CCCCSNc1ccc(N2CCC3(CC2)CC3)c(-c2cn(C)c(=O)c3[nH]ccc23)c1. The molecule has 0 radical (unpaired) electrons. The molecule has 5 rings (SSSR count). The molecule has 3 aromatic rings. The molecular weight excluding hydrogens is 404 g/mol. The lowest BCUT2D eigenvalue weighted by Gasteiger charge is -2.35. The van der Waals surface area contributed by atoms with E-state index in [2.05, 4.69) is 39.7 Å². The predicted octanol–water partition coefficient (Wildman–Crippen LogP) is 5.77. The van der Waals surface area contributed by atoms with Crippen LogP contribution in [0.1, 0.15) is 45.4 Å². The second-order valence-corrected chi connectivity index (χ2v) is 10.1. The van der Waals surface area contributed by atoms with Gasteiger partial charge in [0.2, 0.25) is 0 Å². The first-order chi connectivity index (χ1) is 15.1. The maximum absolute atomic E-state index is 12.6. The molecule has 1 aromatic carbocycles. The summed E-state index contributed by atoms with van der Waals surface area (Å²) in [5, 5.41) is 0.996. The van der Waals surface area contributed by atoms with Crippen LogP contribution in [0.3, 0.4) is 0 Å². The van der Waals surface area contributed by atoms with Crippen molar-refractivity contribution in [3.05, 3.63) is 47.0 Å². The number of aromatic nitrogens is 2. The van der Waals surface area contributed by atoms with Gasteiger partial charge in [-0.25, -0.2) is 0 Å². The minimum absolute atomic E-state index is 0.0170. The van der Waals surface area contributed by atoms with Gasteiger partial charge in [-0.15, -0.1) is 0 Å². The van der Waals surface area contributed by atoms with Crippen LogP contribution in [0.4, 0.5) is 11.4 Å². The number of H-pyrrole nitrogens is 1. The van der Waals surface area contributed by atoms with Crippen molar-refractivity contribution >= 4 is 34.2 Å². The third-order valence-electron chi connectivity index (χ3n) is 7.09. The van der Waals surface area contributed by atoms with Crippen molar-refractivity contribution in [2.75, 3.05) is 28.5 Å². The van der Waals surface area contributed by atoms with E-state index in [9.17, 15) is 4.79 Å². The molecular formula is C25H32N4OS. The number of fused-ring (bicyclic) bond motifs is 1. The standard InChI is InChI=1S/C25H32N4OS/c1-3-4-15-31-27-18-5-6-22(29-13-10-25(8-9-25)11-14-29)20(16-18)21-17-28(2)24(30)23-19(21)7-12-26-23/h5-7,12,16-17,26-27H,3-4,8-11,13-15H2,1-2H3. The van der Waals surface area contributed by atoms with Gasteiger partial charge < -0.3 is 19.2 Å². The molecule has 31 heavy (non-hydrogen) atoms. The summed E-state index contributed by atoms with van der Waals surface area (Å²) in [6.45, 7) is 4.46. The van der Waals surface area contributed by atoms with Gasteiger partial charge in [-0.1, -0.05) is 25.3 Å². The van der Waals surface area contributed by atoms with Gasteiger partial charge >= 0.3 is 0 Å². The minimum atomic E-state index is 0.0170. The highest BCUT2D eigenvalue weighted by Gasteiger charge is 2.44. The van der Waals surface area contributed by atoms with Crippen molar-refractivity contribution in [2.24, 2.45) is 12.5 Å². The molecule has 1 saturated carbocycles. The number of anilines is 2. The van der Waals surface area contributed by atoms with Crippen LogP contribution in [-0.2, 0) is 7.05 Å². The summed E-state index contributed by atoms with van der Waals surface area (Å²) in [5.74, 6) is 1.10. The average molecular weight is 437 g/mol. The lowest BCUT2D eigenvalue weighted by Crippen LogP contribution is -2.34. The number of aromatic amines is 1. The molecule has 1 aliphatic carbocycles. The smallest absolute Gasteiger partial charge is 0.274 e. The molecule has 6 heteroatoms. The number of aryl methyl sites for hydroxylation is 1. The number of unbranched alkanes of at least 4 members (excludes halogenated alkanes) is 1. The lowest BCUT2D eigenvalue weighted by atomic mass is 9.92. The van der Waals surface area contributed by atoms with E-state index in [4.69, 9.17) is 0 Å². The number of piperidine rings is 1. The van der Waals surface area contributed by atoms with Gasteiger partial charge in [0.15, 0.2) is 0 Å². The Kier molecular flexibility index (Phi) is 5.51. The van der Waals surface area contributed by atoms with E-state index < -0.39 is 0 Å². The van der Waals surface area contributed by atoms with E-state index in [-0.39, 0.29) is 5.56 Å². The van der Waals surface area contributed by atoms with Crippen LogP contribution < -0.4 is 15.2 Å². The van der Waals surface area contributed by atoms with Crippen molar-refractivity contribution in [3.63, 3.8) is 0 Å². The first-order valence-electron chi connectivity index (χ1n) is 11.5. The molecule has 2 aliphatic rings. The number of pyridine rings is 1. The number of hydrogen-bond acceptors (Lipinski definition) is 4. The molecule has 1 aliphatic heterocycles. The molecule has 2 N–H and O–H groups in total. The molecule has 2 aromatic heterocycles. The highest BCUT2D eigenvalue weighted by molar-refractivity contribution is 8.00. The molecule has 164 valence electrons. The molecule has 3 heterocycles. The average Bonchev–Trinajstić information content (AvgIpc) is 3.35. The maximum Gasteiger partial charge on any atom is 0.274 e. The number of nitrogens with zero attached hydrogens (tertiary/aromatic N) is 2.